The number of hydrogen-bond donors (Lipinski definition) is 1. The normalized spacial score (nSPS) is 10.5. The van der Waals surface area contributed by atoms with E-state index in [9.17, 15) is 10.1 Å². The quantitative estimate of drug-likeness (QED) is 0.643. The smallest absolute Gasteiger partial charge is 0.270 e. The number of rotatable bonds is 6. The number of ether oxygens (including phenoxy) is 1. The molecule has 1 heterocycles. The van der Waals surface area contributed by atoms with Crippen LogP contribution in [0.1, 0.15) is 17.0 Å². The third-order valence-corrected chi connectivity index (χ3v) is 2.67. The van der Waals surface area contributed by atoms with E-state index in [2.05, 4.69) is 10.5 Å². The molecule has 0 spiro atoms. The van der Waals surface area contributed by atoms with Gasteiger partial charge in [0.15, 0.2) is 0 Å². The van der Waals surface area contributed by atoms with Crippen molar-refractivity contribution in [3.05, 3.63) is 51.4 Å². The maximum absolute atomic E-state index is 10.8. The van der Waals surface area contributed by atoms with E-state index < -0.39 is 4.92 Å². The summed E-state index contributed by atoms with van der Waals surface area (Å²) in [5.41, 5.74) is 1.44. The third-order valence-electron chi connectivity index (χ3n) is 2.67. The van der Waals surface area contributed by atoms with E-state index in [0.29, 0.717) is 23.7 Å². The highest BCUT2D eigenvalue weighted by Gasteiger charge is 2.12. The van der Waals surface area contributed by atoms with Crippen molar-refractivity contribution in [2.75, 3.05) is 7.05 Å². The molecule has 2 aromatic rings. The van der Waals surface area contributed by atoms with E-state index in [1.165, 1.54) is 12.1 Å². The lowest BCUT2D eigenvalue weighted by molar-refractivity contribution is -0.384. The first-order chi connectivity index (χ1) is 9.60. The van der Waals surface area contributed by atoms with Crippen LogP contribution in [0.15, 0.2) is 28.8 Å². The van der Waals surface area contributed by atoms with Gasteiger partial charge in [-0.25, -0.2) is 0 Å². The first kappa shape index (κ1) is 14.0. The van der Waals surface area contributed by atoms with Crippen LogP contribution in [0.4, 0.5) is 5.69 Å². The van der Waals surface area contributed by atoms with Crippen LogP contribution in [0.25, 0.3) is 0 Å². The Hall–Kier alpha value is -2.41. The molecule has 0 unspecified atom stereocenters. The van der Waals surface area contributed by atoms with E-state index in [-0.39, 0.29) is 12.3 Å². The minimum absolute atomic E-state index is 0.0416. The Morgan fingerprint density at radius 2 is 2.25 bits per heavy atom. The van der Waals surface area contributed by atoms with Gasteiger partial charge in [0.25, 0.3) is 5.69 Å². The molecule has 0 saturated heterocycles. The molecule has 0 atom stereocenters. The predicted octanol–water partition coefficient (Wildman–Crippen LogP) is 2.19. The number of nitrogens with one attached hydrogen (secondary N) is 1. The summed E-state index contributed by atoms with van der Waals surface area (Å²) in [6.45, 7) is 2.54. The van der Waals surface area contributed by atoms with Crippen LogP contribution >= 0.6 is 0 Å². The SMILES string of the molecule is CNCc1cc([N+](=O)[O-])ccc1OCc1cc(C)on1. The number of benzene rings is 1. The zero-order valence-electron chi connectivity index (χ0n) is 11.3. The van der Waals surface area contributed by atoms with Crippen molar-refractivity contribution in [2.24, 2.45) is 0 Å². The van der Waals surface area contributed by atoms with Crippen LogP contribution in [0.3, 0.4) is 0 Å². The second-order valence-electron chi connectivity index (χ2n) is 4.30. The van der Waals surface area contributed by atoms with Gasteiger partial charge in [0, 0.05) is 30.3 Å². The summed E-state index contributed by atoms with van der Waals surface area (Å²) in [7, 11) is 1.77. The molecule has 7 heteroatoms. The van der Waals surface area contributed by atoms with Gasteiger partial charge < -0.3 is 14.6 Å². The molecule has 0 saturated carbocycles. The van der Waals surface area contributed by atoms with Crippen LogP contribution in [0, 0.1) is 17.0 Å². The first-order valence-electron chi connectivity index (χ1n) is 6.07. The van der Waals surface area contributed by atoms with E-state index in [4.69, 9.17) is 9.26 Å². The average molecular weight is 277 g/mol. The van der Waals surface area contributed by atoms with Crippen LogP contribution in [0.2, 0.25) is 0 Å². The molecule has 106 valence electrons. The third kappa shape index (κ3) is 3.33. The molecule has 0 amide bonds. The Kier molecular flexibility index (Phi) is 4.31. The van der Waals surface area contributed by atoms with Crippen LogP contribution < -0.4 is 10.1 Å². The summed E-state index contributed by atoms with van der Waals surface area (Å²) in [5, 5.41) is 17.6. The summed E-state index contributed by atoms with van der Waals surface area (Å²) in [4.78, 5) is 10.3. The van der Waals surface area contributed by atoms with Crippen molar-refractivity contribution >= 4 is 5.69 Å². The summed E-state index contributed by atoms with van der Waals surface area (Å²) in [6, 6.07) is 6.29. The fourth-order valence-corrected chi connectivity index (χ4v) is 1.79. The number of aryl methyl sites for hydroxylation is 1. The van der Waals surface area contributed by atoms with Crippen molar-refractivity contribution < 1.29 is 14.2 Å². The Balaban J connectivity index is 2.15. The lowest BCUT2D eigenvalue weighted by Gasteiger charge is -2.10. The highest BCUT2D eigenvalue weighted by Crippen LogP contribution is 2.25. The van der Waals surface area contributed by atoms with Crippen LogP contribution in [-0.4, -0.2) is 17.1 Å². The van der Waals surface area contributed by atoms with Crippen molar-refractivity contribution in [3.8, 4) is 5.75 Å². The van der Waals surface area contributed by atoms with Gasteiger partial charge in [0.2, 0.25) is 0 Å². The number of nitrogens with zero attached hydrogens (tertiary/aromatic N) is 2. The lowest BCUT2D eigenvalue weighted by atomic mass is 10.1. The highest BCUT2D eigenvalue weighted by atomic mass is 16.6. The summed E-state index contributed by atoms with van der Waals surface area (Å²) in [5.74, 6) is 1.30. The van der Waals surface area contributed by atoms with E-state index in [1.54, 1.807) is 26.1 Å². The summed E-state index contributed by atoms with van der Waals surface area (Å²) >= 11 is 0. The number of aromatic nitrogens is 1. The predicted molar refractivity (Wildman–Crippen MR) is 71.4 cm³/mol. The maximum Gasteiger partial charge on any atom is 0.270 e. The second kappa shape index (κ2) is 6.16. The molecule has 20 heavy (non-hydrogen) atoms. The second-order valence-corrected chi connectivity index (χ2v) is 4.30. The van der Waals surface area contributed by atoms with Gasteiger partial charge in [-0.2, -0.15) is 0 Å². The standard InChI is InChI=1S/C13H15N3O4/c1-9-5-11(15-20-9)8-19-13-4-3-12(16(17)18)6-10(13)7-14-2/h3-6,14H,7-8H2,1-2H3. The van der Waals surface area contributed by atoms with Crippen molar-refractivity contribution in [2.45, 2.75) is 20.1 Å². The van der Waals surface area contributed by atoms with Crippen LogP contribution in [0.5, 0.6) is 5.75 Å². The highest BCUT2D eigenvalue weighted by molar-refractivity contribution is 5.43. The van der Waals surface area contributed by atoms with Gasteiger partial charge in [-0.05, 0) is 20.0 Å². The van der Waals surface area contributed by atoms with Gasteiger partial charge in [-0.1, -0.05) is 5.16 Å². The fourth-order valence-electron chi connectivity index (χ4n) is 1.79. The molecule has 1 aromatic heterocycles. The van der Waals surface area contributed by atoms with E-state index in [1.807, 2.05) is 0 Å². The van der Waals surface area contributed by atoms with Gasteiger partial charge >= 0.3 is 0 Å². The monoisotopic (exact) mass is 277 g/mol. The Bertz CT molecular complexity index is 609. The molecule has 0 radical (unpaired) electrons. The largest absolute Gasteiger partial charge is 0.487 e. The molecular formula is C13H15N3O4. The molecule has 0 aliphatic heterocycles. The maximum atomic E-state index is 10.8. The van der Waals surface area contributed by atoms with Gasteiger partial charge in [-0.15, -0.1) is 0 Å². The Labute approximate surface area is 115 Å². The van der Waals surface area contributed by atoms with Gasteiger partial charge in [0.1, 0.15) is 23.8 Å². The van der Waals surface area contributed by atoms with Crippen molar-refractivity contribution in [1.29, 1.82) is 0 Å². The molecule has 7 nitrogen and oxygen atoms in total. The zero-order valence-corrected chi connectivity index (χ0v) is 11.3. The molecule has 2 rings (SSSR count). The Morgan fingerprint density at radius 1 is 1.45 bits per heavy atom. The molecule has 0 bridgehead atoms. The minimum Gasteiger partial charge on any atom is -0.487 e. The average Bonchev–Trinajstić information content (AvgIpc) is 2.83. The number of hydrogen-bond acceptors (Lipinski definition) is 6. The van der Waals surface area contributed by atoms with Crippen LogP contribution in [-0.2, 0) is 13.2 Å². The molecule has 0 fully saturated rings. The fraction of sp³-hybridized carbons (Fsp3) is 0.308. The van der Waals surface area contributed by atoms with Crippen molar-refractivity contribution in [1.82, 2.24) is 10.5 Å². The molecule has 0 aliphatic rings. The van der Waals surface area contributed by atoms with E-state index >= 15 is 0 Å². The zero-order chi connectivity index (χ0) is 14.5. The molecule has 1 N–H and O–H groups in total. The summed E-state index contributed by atoms with van der Waals surface area (Å²) in [6.07, 6.45) is 0. The topological polar surface area (TPSA) is 90.4 Å². The molecule has 0 aliphatic carbocycles. The van der Waals surface area contributed by atoms with Gasteiger partial charge in [0.05, 0.1) is 4.92 Å². The number of nitro benzene ring substituents is 1. The number of nitro groups is 1. The summed E-state index contributed by atoms with van der Waals surface area (Å²) < 4.78 is 10.6. The molecule has 1 aromatic carbocycles. The van der Waals surface area contributed by atoms with Crippen molar-refractivity contribution in [3.63, 3.8) is 0 Å². The lowest BCUT2D eigenvalue weighted by Crippen LogP contribution is -2.08. The number of non-ortho nitro benzene ring substituents is 1. The van der Waals surface area contributed by atoms with E-state index in [0.717, 1.165) is 5.56 Å². The molecular weight excluding hydrogens is 262 g/mol. The Morgan fingerprint density at radius 3 is 2.85 bits per heavy atom. The van der Waals surface area contributed by atoms with Gasteiger partial charge in [-0.3, -0.25) is 10.1 Å². The minimum atomic E-state index is -0.427. The first-order valence-corrected chi connectivity index (χ1v) is 6.07.